The first kappa shape index (κ1) is 16.6. The third kappa shape index (κ3) is 3.08. The van der Waals surface area contributed by atoms with Crippen LogP contribution in [0.5, 0.6) is 0 Å². The Bertz CT molecular complexity index is 914. The molecule has 2 heterocycles. The first-order valence-electron chi connectivity index (χ1n) is 6.79. The van der Waals surface area contributed by atoms with Crippen LogP contribution in [0.4, 0.5) is 11.6 Å². The number of carbonyl (C=O) groups excluding carboxylic acids is 3. The number of aromatic nitrogens is 2. The van der Waals surface area contributed by atoms with Gasteiger partial charge in [0.25, 0.3) is 17.5 Å². The maximum absolute atomic E-state index is 12.3. The number of anilines is 1. The van der Waals surface area contributed by atoms with Gasteiger partial charge >= 0.3 is 0 Å². The minimum atomic E-state index is -0.890. The second-order valence-electron chi connectivity index (χ2n) is 4.93. The maximum Gasteiger partial charge on any atom is 0.282 e. The van der Waals surface area contributed by atoms with Gasteiger partial charge < -0.3 is 0 Å². The summed E-state index contributed by atoms with van der Waals surface area (Å²) in [7, 11) is 0. The van der Waals surface area contributed by atoms with E-state index in [1.54, 1.807) is 0 Å². The summed E-state index contributed by atoms with van der Waals surface area (Å²) in [4.78, 5) is 55.3. The van der Waals surface area contributed by atoms with Crippen molar-refractivity contribution >= 4 is 45.3 Å². The summed E-state index contributed by atoms with van der Waals surface area (Å²) in [5, 5.41) is 13.4. The molecule has 0 unspecified atom stereocenters. The molecule has 3 rings (SSSR count). The van der Waals surface area contributed by atoms with Crippen LogP contribution in [0.25, 0.3) is 0 Å². The van der Waals surface area contributed by atoms with Crippen molar-refractivity contribution in [1.29, 1.82) is 0 Å². The fourth-order valence-corrected chi connectivity index (χ4v) is 2.50. The zero-order chi connectivity index (χ0) is 18.1. The normalized spacial score (nSPS) is 12.9. The van der Waals surface area contributed by atoms with E-state index in [4.69, 9.17) is 0 Å². The number of hydrogen-bond donors (Lipinski definition) is 1. The predicted molar refractivity (Wildman–Crippen MR) is 86.8 cm³/mol. The fourth-order valence-electron chi connectivity index (χ4n) is 2.30. The third-order valence-corrected chi connectivity index (χ3v) is 3.76. The number of imide groups is 1. The van der Waals surface area contributed by atoms with E-state index in [1.807, 2.05) is 0 Å². The van der Waals surface area contributed by atoms with E-state index in [2.05, 4.69) is 31.2 Å². The van der Waals surface area contributed by atoms with E-state index in [1.165, 1.54) is 24.5 Å². The topological polar surface area (TPSA) is 135 Å². The number of fused-ring (bicyclic) bond motifs is 1. The van der Waals surface area contributed by atoms with Crippen molar-refractivity contribution in [3.63, 3.8) is 0 Å². The van der Waals surface area contributed by atoms with Crippen LogP contribution in [0, 0.1) is 10.1 Å². The largest absolute Gasteiger partial charge is 0.293 e. The van der Waals surface area contributed by atoms with Crippen molar-refractivity contribution < 1.29 is 19.3 Å². The van der Waals surface area contributed by atoms with Crippen molar-refractivity contribution in [3.8, 4) is 0 Å². The van der Waals surface area contributed by atoms with E-state index in [0.29, 0.717) is 9.37 Å². The maximum atomic E-state index is 12.3. The lowest BCUT2D eigenvalue weighted by Gasteiger charge is -2.12. The highest BCUT2D eigenvalue weighted by Gasteiger charge is 2.41. The van der Waals surface area contributed by atoms with Gasteiger partial charge in [-0.05, 0) is 22.0 Å². The summed E-state index contributed by atoms with van der Waals surface area (Å²) in [6.45, 7) is -0.608. The second kappa shape index (κ2) is 6.36. The van der Waals surface area contributed by atoms with Crippen molar-refractivity contribution in [2.75, 3.05) is 11.9 Å². The van der Waals surface area contributed by atoms with Crippen LogP contribution in [0.2, 0.25) is 0 Å². The molecular weight excluding hydrogens is 398 g/mol. The number of nitrogens with one attached hydrogen (secondary N) is 1. The molecule has 126 valence electrons. The Morgan fingerprint density at radius 3 is 2.56 bits per heavy atom. The number of nitro groups is 1. The molecule has 1 aromatic carbocycles. The molecule has 0 aliphatic carbocycles. The summed E-state index contributed by atoms with van der Waals surface area (Å²) in [6, 6.07) is 3.74. The van der Waals surface area contributed by atoms with Crippen molar-refractivity contribution in [2.45, 2.75) is 0 Å². The highest BCUT2D eigenvalue weighted by atomic mass is 79.9. The van der Waals surface area contributed by atoms with Gasteiger partial charge in [-0.2, -0.15) is 0 Å². The molecule has 25 heavy (non-hydrogen) atoms. The molecule has 1 N–H and O–H groups in total. The predicted octanol–water partition coefficient (Wildman–Crippen LogP) is 1.38. The average Bonchev–Trinajstić information content (AvgIpc) is 2.82. The van der Waals surface area contributed by atoms with Crippen LogP contribution < -0.4 is 5.32 Å². The lowest BCUT2D eigenvalue weighted by Crippen LogP contribution is -2.37. The van der Waals surface area contributed by atoms with Crippen molar-refractivity contribution in [3.05, 3.63) is 56.3 Å². The number of nitro benzene ring substituents is 1. The minimum Gasteiger partial charge on any atom is -0.293 e. The van der Waals surface area contributed by atoms with Crippen LogP contribution in [0.15, 0.2) is 35.1 Å². The summed E-state index contributed by atoms with van der Waals surface area (Å²) < 4.78 is 0.609. The van der Waals surface area contributed by atoms with Gasteiger partial charge in [-0.1, -0.05) is 6.07 Å². The minimum absolute atomic E-state index is 0.00390. The quantitative estimate of drug-likeness (QED) is 0.460. The number of amides is 3. The van der Waals surface area contributed by atoms with E-state index >= 15 is 0 Å². The second-order valence-corrected chi connectivity index (χ2v) is 5.84. The highest BCUT2D eigenvalue weighted by molar-refractivity contribution is 9.10. The number of halogens is 1. The zero-order valence-electron chi connectivity index (χ0n) is 12.3. The van der Waals surface area contributed by atoms with Gasteiger partial charge in [-0.3, -0.25) is 34.7 Å². The first-order valence-corrected chi connectivity index (χ1v) is 7.59. The van der Waals surface area contributed by atoms with E-state index in [-0.39, 0.29) is 17.1 Å². The van der Waals surface area contributed by atoms with E-state index < -0.39 is 34.9 Å². The van der Waals surface area contributed by atoms with Crippen LogP contribution in [-0.2, 0) is 4.79 Å². The Hall–Kier alpha value is -3.21. The van der Waals surface area contributed by atoms with Crippen LogP contribution in [0.3, 0.4) is 0 Å². The van der Waals surface area contributed by atoms with Gasteiger partial charge in [0.2, 0.25) is 11.9 Å². The van der Waals surface area contributed by atoms with Gasteiger partial charge in [0, 0.05) is 18.5 Å². The number of carbonyl (C=O) groups is 3. The number of nitrogens with zero attached hydrogens (tertiary/aromatic N) is 4. The van der Waals surface area contributed by atoms with Gasteiger partial charge in [0.15, 0.2) is 0 Å². The van der Waals surface area contributed by atoms with Crippen LogP contribution >= 0.6 is 15.9 Å². The Balaban J connectivity index is 1.80. The summed E-state index contributed by atoms with van der Waals surface area (Å²) in [5.41, 5.74) is -0.896. The molecule has 0 atom stereocenters. The summed E-state index contributed by atoms with van der Waals surface area (Å²) >= 11 is 3.14. The molecule has 0 saturated carbocycles. The molecular formula is C14H8BrN5O5. The van der Waals surface area contributed by atoms with Crippen LogP contribution in [0.1, 0.15) is 20.7 Å². The molecule has 11 heteroatoms. The summed E-state index contributed by atoms with van der Waals surface area (Å²) in [6.07, 6.45) is 2.82. The van der Waals surface area contributed by atoms with Crippen molar-refractivity contribution in [2.24, 2.45) is 0 Å². The number of benzene rings is 1. The van der Waals surface area contributed by atoms with Gasteiger partial charge in [0.1, 0.15) is 12.1 Å². The molecule has 1 aromatic heterocycles. The zero-order valence-corrected chi connectivity index (χ0v) is 13.9. The monoisotopic (exact) mass is 405 g/mol. The molecule has 2 aromatic rings. The highest BCUT2D eigenvalue weighted by Crippen LogP contribution is 2.30. The molecule has 0 radical (unpaired) electrons. The smallest absolute Gasteiger partial charge is 0.282 e. The lowest BCUT2D eigenvalue weighted by atomic mass is 10.1. The lowest BCUT2D eigenvalue weighted by molar-refractivity contribution is -0.385. The molecule has 0 fully saturated rings. The molecule has 1 aliphatic heterocycles. The third-order valence-electron chi connectivity index (χ3n) is 3.35. The van der Waals surface area contributed by atoms with E-state index in [0.717, 1.165) is 6.07 Å². The molecule has 10 nitrogen and oxygen atoms in total. The van der Waals surface area contributed by atoms with Crippen LogP contribution in [-0.4, -0.2) is 44.1 Å². The standard InChI is InChI=1S/C14H8BrN5O5/c15-7-4-16-14(17-5-7)18-10(21)6-19-12(22)8-2-1-3-9(20(24)25)11(8)13(19)23/h1-5H,6H2,(H,16,17,18,21). The van der Waals surface area contributed by atoms with Crippen molar-refractivity contribution in [1.82, 2.24) is 14.9 Å². The van der Waals surface area contributed by atoms with Gasteiger partial charge in [0.05, 0.1) is 15.0 Å². The molecule has 0 bridgehead atoms. The molecule has 0 spiro atoms. The average molecular weight is 406 g/mol. The van der Waals surface area contributed by atoms with E-state index in [9.17, 15) is 24.5 Å². The Morgan fingerprint density at radius 1 is 1.24 bits per heavy atom. The molecule has 3 amide bonds. The fraction of sp³-hybridized carbons (Fsp3) is 0.0714. The Kier molecular flexibility index (Phi) is 4.23. The van der Waals surface area contributed by atoms with Gasteiger partial charge in [-0.25, -0.2) is 9.97 Å². The first-order chi connectivity index (χ1) is 11.9. The summed E-state index contributed by atoms with van der Waals surface area (Å²) in [5.74, 6) is -2.37. The molecule has 0 saturated heterocycles. The Labute approximate surface area is 148 Å². The molecule has 1 aliphatic rings. The SMILES string of the molecule is O=C(CN1C(=O)c2cccc([N+](=O)[O-])c2C1=O)Nc1ncc(Br)cn1. The number of rotatable bonds is 4. The Morgan fingerprint density at radius 2 is 1.92 bits per heavy atom. The van der Waals surface area contributed by atoms with Gasteiger partial charge in [-0.15, -0.1) is 0 Å². The number of hydrogen-bond acceptors (Lipinski definition) is 7.